The number of aromatic nitrogens is 2. The summed E-state index contributed by atoms with van der Waals surface area (Å²) in [6.45, 7) is 3.49. The summed E-state index contributed by atoms with van der Waals surface area (Å²) in [7, 11) is 0. The van der Waals surface area contributed by atoms with Crippen molar-refractivity contribution in [1.82, 2.24) is 9.55 Å². The van der Waals surface area contributed by atoms with Gasteiger partial charge in [0.25, 0.3) is 5.69 Å². The molecule has 18 heavy (non-hydrogen) atoms. The standard InChI is InChI=1S/C12H11N3O3/c1-8-6-9(2)14(12(16)13-8)10-4-3-5-11(7-10)15(17)18/h3-7H,1-2H3. The second-order valence-corrected chi connectivity index (χ2v) is 3.93. The van der Waals surface area contributed by atoms with Gasteiger partial charge >= 0.3 is 5.69 Å². The molecule has 92 valence electrons. The maximum absolute atomic E-state index is 11.8. The van der Waals surface area contributed by atoms with Gasteiger partial charge in [-0.05, 0) is 26.0 Å². The number of hydrogen-bond donors (Lipinski definition) is 0. The van der Waals surface area contributed by atoms with Crippen molar-refractivity contribution in [2.45, 2.75) is 13.8 Å². The third kappa shape index (κ3) is 2.13. The van der Waals surface area contributed by atoms with Gasteiger partial charge in [-0.15, -0.1) is 0 Å². The Balaban J connectivity index is 2.66. The van der Waals surface area contributed by atoms with E-state index in [4.69, 9.17) is 0 Å². The van der Waals surface area contributed by atoms with Crippen molar-refractivity contribution in [3.8, 4) is 5.69 Å². The van der Waals surface area contributed by atoms with Gasteiger partial charge in [0.2, 0.25) is 0 Å². The fourth-order valence-electron chi connectivity index (χ4n) is 1.81. The highest BCUT2D eigenvalue weighted by Crippen LogP contribution is 2.16. The Hall–Kier alpha value is -2.50. The first-order chi connectivity index (χ1) is 8.49. The highest BCUT2D eigenvalue weighted by molar-refractivity contribution is 5.44. The topological polar surface area (TPSA) is 78.0 Å². The van der Waals surface area contributed by atoms with E-state index in [9.17, 15) is 14.9 Å². The van der Waals surface area contributed by atoms with Crippen LogP contribution in [-0.4, -0.2) is 14.5 Å². The van der Waals surface area contributed by atoms with Crippen molar-refractivity contribution >= 4 is 5.69 Å². The second kappa shape index (κ2) is 4.40. The van der Waals surface area contributed by atoms with Crippen molar-refractivity contribution in [1.29, 1.82) is 0 Å². The molecule has 1 heterocycles. The lowest BCUT2D eigenvalue weighted by molar-refractivity contribution is -0.384. The number of hydrogen-bond acceptors (Lipinski definition) is 4. The van der Waals surface area contributed by atoms with Crippen LogP contribution in [0.4, 0.5) is 5.69 Å². The van der Waals surface area contributed by atoms with E-state index in [0.29, 0.717) is 17.1 Å². The molecule has 0 aliphatic carbocycles. The van der Waals surface area contributed by atoms with E-state index in [0.717, 1.165) is 0 Å². The molecular formula is C12H11N3O3. The van der Waals surface area contributed by atoms with Crippen LogP contribution >= 0.6 is 0 Å². The normalized spacial score (nSPS) is 10.3. The van der Waals surface area contributed by atoms with E-state index in [-0.39, 0.29) is 5.69 Å². The Morgan fingerprint density at radius 3 is 2.61 bits per heavy atom. The van der Waals surface area contributed by atoms with Crippen LogP contribution in [-0.2, 0) is 0 Å². The molecule has 0 saturated heterocycles. The molecule has 0 radical (unpaired) electrons. The summed E-state index contributed by atoms with van der Waals surface area (Å²) in [5.74, 6) is 0. The Bertz CT molecular complexity index is 677. The van der Waals surface area contributed by atoms with Crippen LogP contribution in [0.5, 0.6) is 0 Å². The lowest BCUT2D eigenvalue weighted by Crippen LogP contribution is -2.24. The molecule has 6 heteroatoms. The van der Waals surface area contributed by atoms with Crippen molar-refractivity contribution < 1.29 is 4.92 Å². The predicted molar refractivity (Wildman–Crippen MR) is 66.0 cm³/mol. The van der Waals surface area contributed by atoms with Crippen LogP contribution in [0.1, 0.15) is 11.4 Å². The average Bonchev–Trinajstić information content (AvgIpc) is 2.28. The first-order valence-corrected chi connectivity index (χ1v) is 5.31. The van der Waals surface area contributed by atoms with Gasteiger partial charge in [-0.2, -0.15) is 4.98 Å². The molecule has 1 aromatic carbocycles. The van der Waals surface area contributed by atoms with Gasteiger partial charge in [0.1, 0.15) is 0 Å². The van der Waals surface area contributed by atoms with Crippen molar-refractivity contribution in [3.05, 3.63) is 62.3 Å². The number of nitro benzene ring substituents is 1. The van der Waals surface area contributed by atoms with Gasteiger partial charge in [0, 0.05) is 23.5 Å². The van der Waals surface area contributed by atoms with E-state index in [1.54, 1.807) is 32.0 Å². The number of aryl methyl sites for hydroxylation is 2. The molecule has 6 nitrogen and oxygen atoms in total. The Morgan fingerprint density at radius 2 is 2.00 bits per heavy atom. The molecule has 0 bridgehead atoms. The van der Waals surface area contributed by atoms with Gasteiger partial charge in [-0.3, -0.25) is 14.7 Å². The number of nitrogens with zero attached hydrogens (tertiary/aromatic N) is 3. The first-order valence-electron chi connectivity index (χ1n) is 5.31. The Labute approximate surface area is 103 Å². The molecule has 0 atom stereocenters. The van der Waals surface area contributed by atoms with Crippen LogP contribution in [0.3, 0.4) is 0 Å². The summed E-state index contributed by atoms with van der Waals surface area (Å²) in [6, 6.07) is 7.66. The number of non-ortho nitro benzene ring substituents is 1. The second-order valence-electron chi connectivity index (χ2n) is 3.93. The zero-order valence-electron chi connectivity index (χ0n) is 9.95. The summed E-state index contributed by atoms with van der Waals surface area (Å²) >= 11 is 0. The smallest absolute Gasteiger partial charge is 0.265 e. The van der Waals surface area contributed by atoms with E-state index in [2.05, 4.69) is 4.98 Å². The third-order valence-corrected chi connectivity index (χ3v) is 2.53. The molecule has 2 rings (SSSR count). The minimum Gasteiger partial charge on any atom is -0.265 e. The zero-order chi connectivity index (χ0) is 13.3. The average molecular weight is 245 g/mol. The lowest BCUT2D eigenvalue weighted by atomic mass is 10.2. The maximum atomic E-state index is 11.8. The van der Waals surface area contributed by atoms with Gasteiger partial charge in [0.15, 0.2) is 0 Å². The minimum absolute atomic E-state index is 0.0561. The largest absolute Gasteiger partial charge is 0.352 e. The van der Waals surface area contributed by atoms with Crippen molar-refractivity contribution in [2.24, 2.45) is 0 Å². The number of nitro groups is 1. The van der Waals surface area contributed by atoms with E-state index in [1.807, 2.05) is 0 Å². The van der Waals surface area contributed by atoms with Crippen LogP contribution in [0.2, 0.25) is 0 Å². The number of rotatable bonds is 2. The SMILES string of the molecule is Cc1cc(C)n(-c2cccc([N+](=O)[O-])c2)c(=O)n1. The fraction of sp³-hybridized carbons (Fsp3) is 0.167. The van der Waals surface area contributed by atoms with Crippen LogP contribution < -0.4 is 5.69 Å². The molecule has 0 spiro atoms. The van der Waals surface area contributed by atoms with Gasteiger partial charge < -0.3 is 0 Å². The molecule has 0 aliphatic rings. The molecular weight excluding hydrogens is 234 g/mol. The van der Waals surface area contributed by atoms with E-state index >= 15 is 0 Å². The van der Waals surface area contributed by atoms with Crippen LogP contribution in [0.25, 0.3) is 5.69 Å². The van der Waals surface area contributed by atoms with Crippen molar-refractivity contribution in [2.75, 3.05) is 0 Å². The summed E-state index contributed by atoms with van der Waals surface area (Å²) in [5.41, 5.74) is 1.26. The highest BCUT2D eigenvalue weighted by atomic mass is 16.6. The minimum atomic E-state index is -0.495. The molecule has 1 aromatic heterocycles. The lowest BCUT2D eigenvalue weighted by Gasteiger charge is -2.09. The maximum Gasteiger partial charge on any atom is 0.352 e. The molecule has 0 amide bonds. The summed E-state index contributed by atoms with van der Waals surface area (Å²) in [6.07, 6.45) is 0. The van der Waals surface area contributed by atoms with Gasteiger partial charge in [-0.1, -0.05) is 6.07 Å². The Kier molecular flexibility index (Phi) is 2.93. The summed E-state index contributed by atoms with van der Waals surface area (Å²) < 4.78 is 1.35. The zero-order valence-corrected chi connectivity index (χ0v) is 9.95. The van der Waals surface area contributed by atoms with Gasteiger partial charge in [-0.25, -0.2) is 4.79 Å². The van der Waals surface area contributed by atoms with Gasteiger partial charge in [0.05, 0.1) is 10.6 Å². The van der Waals surface area contributed by atoms with Crippen LogP contribution in [0.15, 0.2) is 35.1 Å². The summed E-state index contributed by atoms with van der Waals surface area (Å²) in [4.78, 5) is 25.9. The molecule has 2 aromatic rings. The predicted octanol–water partition coefficient (Wildman–Crippen LogP) is 1.76. The van der Waals surface area contributed by atoms with Crippen LogP contribution in [0, 0.1) is 24.0 Å². The Morgan fingerprint density at radius 1 is 1.28 bits per heavy atom. The number of benzene rings is 1. The van der Waals surface area contributed by atoms with Crippen molar-refractivity contribution in [3.63, 3.8) is 0 Å². The molecule has 0 saturated carbocycles. The molecule has 0 fully saturated rings. The van der Waals surface area contributed by atoms with E-state index < -0.39 is 10.6 Å². The molecule has 0 N–H and O–H groups in total. The monoisotopic (exact) mass is 245 g/mol. The van der Waals surface area contributed by atoms with E-state index in [1.165, 1.54) is 16.7 Å². The molecule has 0 unspecified atom stereocenters. The summed E-state index contributed by atoms with van der Waals surface area (Å²) in [5, 5.41) is 10.7. The third-order valence-electron chi connectivity index (χ3n) is 2.53. The fourth-order valence-corrected chi connectivity index (χ4v) is 1.81. The molecule has 0 aliphatic heterocycles. The quantitative estimate of drug-likeness (QED) is 0.596. The highest BCUT2D eigenvalue weighted by Gasteiger charge is 2.10. The first kappa shape index (κ1) is 12.0.